The molecule has 0 saturated heterocycles. The lowest BCUT2D eigenvalue weighted by atomic mass is 10.1. The molecule has 1 unspecified atom stereocenters. The van der Waals surface area contributed by atoms with Crippen molar-refractivity contribution in [2.75, 3.05) is 13.2 Å². The number of carbonyl (C=O) groups is 3. The van der Waals surface area contributed by atoms with Gasteiger partial charge in [0.25, 0.3) is 0 Å². The lowest BCUT2D eigenvalue weighted by Gasteiger charge is -2.18. The maximum Gasteiger partial charge on any atom is 0.306 e. The van der Waals surface area contributed by atoms with Crippen molar-refractivity contribution >= 4 is 17.9 Å². The van der Waals surface area contributed by atoms with Crippen LogP contribution in [0.3, 0.4) is 0 Å². The van der Waals surface area contributed by atoms with Crippen molar-refractivity contribution < 1.29 is 28.6 Å². The van der Waals surface area contributed by atoms with E-state index in [0.29, 0.717) is 19.3 Å². The third-order valence-corrected chi connectivity index (χ3v) is 9.18. The molecule has 57 heavy (non-hydrogen) atoms. The van der Waals surface area contributed by atoms with Crippen LogP contribution in [0.4, 0.5) is 0 Å². The van der Waals surface area contributed by atoms with E-state index in [0.717, 1.165) is 96.3 Å². The molecular formula is C51H82O6. The molecule has 0 fully saturated rings. The zero-order valence-electron chi connectivity index (χ0n) is 36.6. The van der Waals surface area contributed by atoms with Gasteiger partial charge in [-0.25, -0.2) is 0 Å². The second-order valence-corrected chi connectivity index (χ2v) is 14.7. The molecule has 6 nitrogen and oxygen atoms in total. The standard InChI is InChI=1S/C51H82O6/c1-4-7-10-13-16-19-22-25-27-29-32-35-38-41-44-50(53)56-47-48(46-55-49(52)43-40-37-34-31-28-24-21-18-15-12-9-6-3)57-51(54)45-42-39-36-33-30-26-23-20-17-14-11-8-5-2/h8-9,11-12,14,17-18,20-21,23,26-27,29-30,33,36,48H,4-7,10,13,15-16,19,22,24-25,28,31-32,34-35,37-47H2,1-3H3/b11-8-,12-9-,17-14-,21-18-,23-20-,29-27-,30-26-,36-33-. The van der Waals surface area contributed by atoms with Gasteiger partial charge in [0.2, 0.25) is 0 Å². The minimum absolute atomic E-state index is 0.120. The number of hydrogen-bond donors (Lipinski definition) is 0. The second kappa shape index (κ2) is 45.0. The summed E-state index contributed by atoms with van der Waals surface area (Å²) in [5.74, 6) is -1.03. The average Bonchev–Trinajstić information content (AvgIpc) is 3.21. The van der Waals surface area contributed by atoms with Crippen molar-refractivity contribution in [3.63, 3.8) is 0 Å². The topological polar surface area (TPSA) is 78.9 Å². The molecule has 0 aliphatic heterocycles. The van der Waals surface area contributed by atoms with E-state index in [2.05, 4.69) is 63.3 Å². The Morgan fingerprint density at radius 3 is 1.33 bits per heavy atom. The van der Waals surface area contributed by atoms with Gasteiger partial charge in [-0.3, -0.25) is 14.4 Å². The van der Waals surface area contributed by atoms with Gasteiger partial charge < -0.3 is 14.2 Å². The number of rotatable bonds is 39. The SMILES string of the molecule is CC\C=C/C=C\C=C/C=C\C=C/CCCC(=O)OC(COC(=O)CCCCC/C=C\CCCCCCCCC)COC(=O)CCCCCCC/C=C\C/C=C\CC. The molecule has 322 valence electrons. The van der Waals surface area contributed by atoms with Crippen LogP contribution in [0.1, 0.15) is 188 Å². The number of hydrogen-bond acceptors (Lipinski definition) is 6. The summed E-state index contributed by atoms with van der Waals surface area (Å²) in [5.41, 5.74) is 0. The van der Waals surface area contributed by atoms with E-state index in [1.165, 1.54) is 44.9 Å². The zero-order chi connectivity index (χ0) is 41.5. The van der Waals surface area contributed by atoms with Crippen molar-refractivity contribution in [3.8, 4) is 0 Å². The molecule has 0 aromatic carbocycles. The van der Waals surface area contributed by atoms with Gasteiger partial charge in [-0.05, 0) is 83.5 Å². The van der Waals surface area contributed by atoms with Crippen molar-refractivity contribution in [2.24, 2.45) is 0 Å². The van der Waals surface area contributed by atoms with Crippen LogP contribution in [0, 0.1) is 0 Å². The first-order valence-corrected chi connectivity index (χ1v) is 22.8. The summed E-state index contributed by atoms with van der Waals surface area (Å²) in [6.07, 6.45) is 58.3. The van der Waals surface area contributed by atoms with Crippen LogP contribution in [-0.2, 0) is 28.6 Å². The maximum atomic E-state index is 12.7. The van der Waals surface area contributed by atoms with Gasteiger partial charge in [-0.1, -0.05) is 182 Å². The summed E-state index contributed by atoms with van der Waals surface area (Å²) in [7, 11) is 0. The van der Waals surface area contributed by atoms with Crippen LogP contribution in [0.15, 0.2) is 97.2 Å². The molecule has 0 aromatic heterocycles. The van der Waals surface area contributed by atoms with Gasteiger partial charge >= 0.3 is 17.9 Å². The van der Waals surface area contributed by atoms with E-state index >= 15 is 0 Å². The normalized spacial score (nSPS) is 13.0. The molecule has 0 amide bonds. The van der Waals surface area contributed by atoms with Gasteiger partial charge in [0.1, 0.15) is 13.2 Å². The fraction of sp³-hybridized carbons (Fsp3) is 0.627. The van der Waals surface area contributed by atoms with Crippen LogP contribution in [0.5, 0.6) is 0 Å². The smallest absolute Gasteiger partial charge is 0.306 e. The molecular weight excluding hydrogens is 709 g/mol. The number of ether oxygens (including phenoxy) is 3. The zero-order valence-corrected chi connectivity index (χ0v) is 36.6. The first kappa shape index (κ1) is 53.3. The molecule has 0 N–H and O–H groups in total. The molecule has 0 spiro atoms. The Balaban J connectivity index is 4.55. The second-order valence-electron chi connectivity index (χ2n) is 14.7. The quantitative estimate of drug-likeness (QED) is 0.0203. The fourth-order valence-electron chi connectivity index (χ4n) is 5.80. The highest BCUT2D eigenvalue weighted by Crippen LogP contribution is 2.12. The molecule has 0 heterocycles. The van der Waals surface area contributed by atoms with E-state index in [-0.39, 0.29) is 31.6 Å². The van der Waals surface area contributed by atoms with Gasteiger partial charge in [0.05, 0.1) is 0 Å². The summed E-state index contributed by atoms with van der Waals surface area (Å²) >= 11 is 0. The molecule has 0 aliphatic carbocycles. The Labute approximate surface area is 349 Å². The Morgan fingerprint density at radius 2 is 0.789 bits per heavy atom. The summed E-state index contributed by atoms with van der Waals surface area (Å²) in [4.78, 5) is 37.7. The number of carbonyl (C=O) groups excluding carboxylic acids is 3. The molecule has 0 aromatic rings. The highest BCUT2D eigenvalue weighted by Gasteiger charge is 2.19. The Kier molecular flexibility index (Phi) is 42.1. The predicted molar refractivity (Wildman–Crippen MR) is 242 cm³/mol. The minimum Gasteiger partial charge on any atom is -0.462 e. The largest absolute Gasteiger partial charge is 0.462 e. The Morgan fingerprint density at radius 1 is 0.386 bits per heavy atom. The number of unbranched alkanes of at least 4 members (excludes halogenated alkanes) is 16. The molecule has 0 rings (SSSR count). The summed E-state index contributed by atoms with van der Waals surface area (Å²) in [5, 5.41) is 0. The molecule has 0 aliphatic rings. The van der Waals surface area contributed by atoms with Crippen LogP contribution >= 0.6 is 0 Å². The minimum atomic E-state index is -0.825. The summed E-state index contributed by atoms with van der Waals surface area (Å²) in [6, 6.07) is 0. The summed E-state index contributed by atoms with van der Waals surface area (Å²) in [6.45, 7) is 6.26. The lowest BCUT2D eigenvalue weighted by Crippen LogP contribution is -2.30. The van der Waals surface area contributed by atoms with E-state index in [9.17, 15) is 14.4 Å². The van der Waals surface area contributed by atoms with Crippen LogP contribution < -0.4 is 0 Å². The summed E-state index contributed by atoms with van der Waals surface area (Å²) < 4.78 is 16.6. The van der Waals surface area contributed by atoms with Crippen molar-refractivity contribution in [3.05, 3.63) is 97.2 Å². The Hall–Kier alpha value is -3.67. The third-order valence-electron chi connectivity index (χ3n) is 9.18. The van der Waals surface area contributed by atoms with Gasteiger partial charge in [-0.2, -0.15) is 0 Å². The van der Waals surface area contributed by atoms with E-state index in [1.807, 2.05) is 54.7 Å². The fourth-order valence-corrected chi connectivity index (χ4v) is 5.80. The molecule has 0 bridgehead atoms. The first-order chi connectivity index (χ1) is 28.0. The van der Waals surface area contributed by atoms with Crippen molar-refractivity contribution in [1.29, 1.82) is 0 Å². The monoisotopic (exact) mass is 791 g/mol. The van der Waals surface area contributed by atoms with Crippen molar-refractivity contribution in [2.45, 2.75) is 194 Å². The number of allylic oxidation sites excluding steroid dienone is 16. The predicted octanol–water partition coefficient (Wildman–Crippen LogP) is 14.6. The molecule has 0 saturated carbocycles. The van der Waals surface area contributed by atoms with Gasteiger partial charge in [0.15, 0.2) is 6.10 Å². The molecule has 1 atom stereocenters. The van der Waals surface area contributed by atoms with Gasteiger partial charge in [-0.15, -0.1) is 0 Å². The average molecular weight is 791 g/mol. The highest BCUT2D eigenvalue weighted by atomic mass is 16.6. The lowest BCUT2D eigenvalue weighted by molar-refractivity contribution is -0.167. The third kappa shape index (κ3) is 43.3. The maximum absolute atomic E-state index is 12.7. The first-order valence-electron chi connectivity index (χ1n) is 22.8. The highest BCUT2D eigenvalue weighted by molar-refractivity contribution is 5.71. The van der Waals surface area contributed by atoms with E-state index < -0.39 is 12.1 Å². The Bertz CT molecular complexity index is 1180. The van der Waals surface area contributed by atoms with Crippen molar-refractivity contribution in [1.82, 2.24) is 0 Å². The van der Waals surface area contributed by atoms with E-state index in [1.54, 1.807) is 0 Å². The van der Waals surface area contributed by atoms with Gasteiger partial charge in [0, 0.05) is 19.3 Å². The number of esters is 3. The van der Waals surface area contributed by atoms with E-state index in [4.69, 9.17) is 14.2 Å². The van der Waals surface area contributed by atoms with Crippen LogP contribution in [-0.4, -0.2) is 37.2 Å². The van der Waals surface area contributed by atoms with Crippen LogP contribution in [0.2, 0.25) is 0 Å². The van der Waals surface area contributed by atoms with Crippen LogP contribution in [0.25, 0.3) is 0 Å². The molecule has 0 radical (unpaired) electrons. The molecule has 6 heteroatoms.